The number of nitrogens with zero attached hydrogens (tertiary/aromatic N) is 1. The van der Waals surface area contributed by atoms with Crippen LogP contribution in [0.15, 0.2) is 17.0 Å². The summed E-state index contributed by atoms with van der Waals surface area (Å²) in [7, 11) is -3.49. The van der Waals surface area contributed by atoms with E-state index in [-0.39, 0.29) is 10.7 Å². The van der Waals surface area contributed by atoms with E-state index in [2.05, 4.69) is 5.32 Å². The first-order valence-electron chi connectivity index (χ1n) is 7.46. The van der Waals surface area contributed by atoms with Crippen LogP contribution in [0.25, 0.3) is 0 Å². The first kappa shape index (κ1) is 16.4. The molecule has 1 aliphatic heterocycles. The third kappa shape index (κ3) is 3.62. The average Bonchev–Trinajstić information content (AvgIpc) is 2.98. The lowest BCUT2D eigenvalue weighted by molar-refractivity contribution is 0.476. The van der Waals surface area contributed by atoms with E-state index in [1.807, 2.05) is 6.92 Å². The van der Waals surface area contributed by atoms with Gasteiger partial charge in [-0.3, -0.25) is 0 Å². The van der Waals surface area contributed by atoms with Crippen LogP contribution in [0.3, 0.4) is 0 Å². The molecule has 1 saturated heterocycles. The molecule has 1 aliphatic rings. The van der Waals surface area contributed by atoms with Crippen LogP contribution >= 0.6 is 0 Å². The van der Waals surface area contributed by atoms with Gasteiger partial charge >= 0.3 is 0 Å². The molecule has 1 fully saturated rings. The number of aryl methyl sites for hydroxylation is 1. The van der Waals surface area contributed by atoms with Crippen LogP contribution in [-0.4, -0.2) is 32.4 Å². The van der Waals surface area contributed by atoms with E-state index in [0.717, 1.165) is 25.8 Å². The molecule has 0 aliphatic carbocycles. The SMILES string of the molecule is CCCNCc1cc(S(=O)(=O)N2CCCC2)cc(C)c1F. The van der Waals surface area contributed by atoms with E-state index < -0.39 is 10.0 Å². The van der Waals surface area contributed by atoms with Crippen molar-refractivity contribution in [2.45, 2.75) is 44.6 Å². The Balaban J connectivity index is 2.31. The second-order valence-corrected chi connectivity index (χ2v) is 7.44. The van der Waals surface area contributed by atoms with Crippen LogP contribution < -0.4 is 5.32 Å². The van der Waals surface area contributed by atoms with Crippen molar-refractivity contribution in [2.75, 3.05) is 19.6 Å². The summed E-state index contributed by atoms with van der Waals surface area (Å²) >= 11 is 0. The summed E-state index contributed by atoms with van der Waals surface area (Å²) in [6.45, 7) is 5.89. The van der Waals surface area contributed by atoms with Crippen molar-refractivity contribution >= 4 is 10.0 Å². The van der Waals surface area contributed by atoms with Crippen LogP contribution in [0.2, 0.25) is 0 Å². The van der Waals surface area contributed by atoms with E-state index >= 15 is 0 Å². The van der Waals surface area contributed by atoms with Gasteiger partial charge in [-0.05, 0) is 50.4 Å². The lowest BCUT2D eigenvalue weighted by atomic mass is 10.1. The molecule has 1 N–H and O–H groups in total. The lowest BCUT2D eigenvalue weighted by Gasteiger charge is -2.17. The predicted octanol–water partition coefficient (Wildman–Crippen LogP) is 2.42. The summed E-state index contributed by atoms with van der Waals surface area (Å²) in [5.41, 5.74) is 0.796. The van der Waals surface area contributed by atoms with Crippen molar-refractivity contribution in [3.05, 3.63) is 29.1 Å². The third-order valence-corrected chi connectivity index (χ3v) is 5.62. The number of nitrogens with one attached hydrogen (secondary N) is 1. The highest BCUT2D eigenvalue weighted by molar-refractivity contribution is 7.89. The van der Waals surface area contributed by atoms with Gasteiger partial charge in [0.05, 0.1) is 4.90 Å². The molecule has 1 heterocycles. The maximum atomic E-state index is 14.1. The van der Waals surface area contributed by atoms with Crippen molar-refractivity contribution in [1.82, 2.24) is 9.62 Å². The topological polar surface area (TPSA) is 49.4 Å². The minimum atomic E-state index is -3.49. The van der Waals surface area contributed by atoms with Crippen molar-refractivity contribution in [3.63, 3.8) is 0 Å². The van der Waals surface area contributed by atoms with Gasteiger partial charge in [-0.2, -0.15) is 4.31 Å². The Kier molecular flexibility index (Phi) is 5.35. The van der Waals surface area contributed by atoms with Crippen LogP contribution in [0, 0.1) is 12.7 Å². The summed E-state index contributed by atoms with van der Waals surface area (Å²) in [4.78, 5) is 0.205. The second-order valence-electron chi connectivity index (χ2n) is 5.50. The van der Waals surface area contributed by atoms with Crippen molar-refractivity contribution in [1.29, 1.82) is 0 Å². The Morgan fingerprint density at radius 3 is 2.57 bits per heavy atom. The van der Waals surface area contributed by atoms with Gasteiger partial charge in [0.2, 0.25) is 10.0 Å². The highest BCUT2D eigenvalue weighted by Crippen LogP contribution is 2.24. The largest absolute Gasteiger partial charge is 0.313 e. The molecule has 1 aromatic rings. The maximum Gasteiger partial charge on any atom is 0.243 e. The minimum absolute atomic E-state index is 0.205. The van der Waals surface area contributed by atoms with Gasteiger partial charge in [-0.25, -0.2) is 12.8 Å². The molecule has 4 nitrogen and oxygen atoms in total. The molecule has 0 radical (unpaired) electrons. The smallest absolute Gasteiger partial charge is 0.243 e. The molecule has 0 atom stereocenters. The zero-order chi connectivity index (χ0) is 15.5. The first-order valence-corrected chi connectivity index (χ1v) is 8.90. The zero-order valence-corrected chi connectivity index (χ0v) is 13.5. The van der Waals surface area contributed by atoms with Gasteiger partial charge < -0.3 is 5.32 Å². The number of sulfonamides is 1. The fourth-order valence-corrected chi connectivity index (χ4v) is 4.22. The molecular weight excluding hydrogens is 291 g/mol. The molecule has 0 amide bonds. The standard InChI is InChI=1S/C15H23FN2O2S/c1-3-6-17-11-13-10-14(9-12(2)15(13)16)21(19,20)18-7-4-5-8-18/h9-10,17H,3-8,11H2,1-2H3. The van der Waals surface area contributed by atoms with Crippen LogP contribution in [-0.2, 0) is 16.6 Å². The molecule has 0 aromatic heterocycles. The normalized spacial score (nSPS) is 16.5. The van der Waals surface area contributed by atoms with Crippen LogP contribution in [0.1, 0.15) is 37.3 Å². The quantitative estimate of drug-likeness (QED) is 0.820. The third-order valence-electron chi connectivity index (χ3n) is 3.75. The molecule has 6 heteroatoms. The number of benzene rings is 1. The highest BCUT2D eigenvalue weighted by atomic mass is 32.2. The lowest BCUT2D eigenvalue weighted by Crippen LogP contribution is -2.28. The van der Waals surface area contributed by atoms with Crippen LogP contribution in [0.4, 0.5) is 4.39 Å². The average molecular weight is 314 g/mol. The van der Waals surface area contributed by atoms with Gasteiger partial charge in [0, 0.05) is 25.2 Å². The molecule has 2 rings (SSSR count). The Morgan fingerprint density at radius 1 is 1.29 bits per heavy atom. The fraction of sp³-hybridized carbons (Fsp3) is 0.600. The van der Waals surface area contributed by atoms with E-state index in [1.165, 1.54) is 16.4 Å². The zero-order valence-electron chi connectivity index (χ0n) is 12.7. The molecule has 0 saturated carbocycles. The first-order chi connectivity index (χ1) is 9.96. The number of hydrogen-bond donors (Lipinski definition) is 1. The van der Waals surface area contributed by atoms with Gasteiger partial charge in [-0.1, -0.05) is 6.92 Å². The summed E-state index contributed by atoms with van der Waals surface area (Å²) in [6.07, 6.45) is 2.74. The van der Waals surface area contributed by atoms with Crippen LogP contribution in [0.5, 0.6) is 0 Å². The van der Waals surface area contributed by atoms with E-state index in [0.29, 0.717) is 30.8 Å². The molecule has 118 valence electrons. The number of rotatable bonds is 6. The molecule has 21 heavy (non-hydrogen) atoms. The fourth-order valence-electron chi connectivity index (χ4n) is 2.56. The van der Waals surface area contributed by atoms with Gasteiger partial charge in [-0.15, -0.1) is 0 Å². The Morgan fingerprint density at radius 2 is 1.95 bits per heavy atom. The van der Waals surface area contributed by atoms with Crippen molar-refractivity contribution in [3.8, 4) is 0 Å². The summed E-state index contributed by atoms with van der Waals surface area (Å²) in [5, 5.41) is 3.12. The van der Waals surface area contributed by atoms with Crippen molar-refractivity contribution in [2.24, 2.45) is 0 Å². The van der Waals surface area contributed by atoms with E-state index in [9.17, 15) is 12.8 Å². The number of halogens is 1. The molecule has 1 aromatic carbocycles. The predicted molar refractivity (Wildman–Crippen MR) is 81.1 cm³/mol. The van der Waals surface area contributed by atoms with Gasteiger partial charge in [0.25, 0.3) is 0 Å². The molecule has 0 bridgehead atoms. The maximum absolute atomic E-state index is 14.1. The minimum Gasteiger partial charge on any atom is -0.313 e. The monoisotopic (exact) mass is 314 g/mol. The Hall–Kier alpha value is -0.980. The van der Waals surface area contributed by atoms with Crippen molar-refractivity contribution < 1.29 is 12.8 Å². The van der Waals surface area contributed by atoms with Gasteiger partial charge in [0.15, 0.2) is 0 Å². The summed E-state index contributed by atoms with van der Waals surface area (Å²) in [6, 6.07) is 2.91. The van der Waals surface area contributed by atoms with E-state index in [1.54, 1.807) is 6.92 Å². The summed E-state index contributed by atoms with van der Waals surface area (Å²) in [5.74, 6) is -0.320. The Labute approximate surface area is 126 Å². The molecule has 0 spiro atoms. The number of hydrogen-bond acceptors (Lipinski definition) is 3. The Bertz CT molecular complexity index is 596. The van der Waals surface area contributed by atoms with Gasteiger partial charge in [0.1, 0.15) is 5.82 Å². The van der Waals surface area contributed by atoms with E-state index in [4.69, 9.17) is 0 Å². The second kappa shape index (κ2) is 6.85. The summed E-state index contributed by atoms with van der Waals surface area (Å²) < 4.78 is 40.7. The highest BCUT2D eigenvalue weighted by Gasteiger charge is 2.28. The molecule has 0 unspecified atom stereocenters. The molecular formula is C15H23FN2O2S.